The fourth-order valence-corrected chi connectivity index (χ4v) is 2.31. The van der Waals surface area contributed by atoms with E-state index in [0.717, 1.165) is 11.1 Å². The van der Waals surface area contributed by atoms with Gasteiger partial charge in [0.1, 0.15) is 0 Å². The molecule has 3 heteroatoms. The largest absolute Gasteiger partial charge is 0.394 e. The second-order valence-corrected chi connectivity index (χ2v) is 6.43. The Bertz CT molecular complexity index is 795. The SMILES string of the molecule is CC(C)(CC(C#CC#Cc1ccccc1)c1ccccc1)C(F)(F)F. The van der Waals surface area contributed by atoms with Crippen LogP contribution in [0.25, 0.3) is 0 Å². The molecule has 0 aliphatic heterocycles. The molecule has 0 aliphatic carbocycles. The van der Waals surface area contributed by atoms with Gasteiger partial charge in [0, 0.05) is 11.5 Å². The van der Waals surface area contributed by atoms with Crippen molar-refractivity contribution in [3.8, 4) is 23.7 Å². The van der Waals surface area contributed by atoms with Gasteiger partial charge in [-0.2, -0.15) is 13.2 Å². The lowest BCUT2D eigenvalue weighted by molar-refractivity contribution is -0.214. The molecule has 0 aliphatic rings. The molecule has 0 saturated carbocycles. The van der Waals surface area contributed by atoms with E-state index in [9.17, 15) is 13.2 Å². The number of hydrogen-bond donors (Lipinski definition) is 0. The maximum Gasteiger partial charge on any atom is 0.394 e. The molecule has 0 amide bonds. The highest BCUT2D eigenvalue weighted by atomic mass is 19.4. The Kier molecular flexibility index (Phi) is 5.94. The molecule has 128 valence electrons. The van der Waals surface area contributed by atoms with Crippen LogP contribution >= 0.6 is 0 Å². The maximum absolute atomic E-state index is 13.2. The van der Waals surface area contributed by atoms with Gasteiger partial charge in [-0.15, -0.1) is 0 Å². The summed E-state index contributed by atoms with van der Waals surface area (Å²) in [7, 11) is 0. The van der Waals surface area contributed by atoms with E-state index in [-0.39, 0.29) is 6.42 Å². The summed E-state index contributed by atoms with van der Waals surface area (Å²) in [6.07, 6.45) is -4.39. The fraction of sp³-hybridized carbons (Fsp3) is 0.273. The Hall–Kier alpha value is -2.65. The van der Waals surface area contributed by atoms with Crippen LogP contribution in [-0.2, 0) is 0 Å². The van der Waals surface area contributed by atoms with E-state index in [1.165, 1.54) is 13.8 Å². The summed E-state index contributed by atoms with van der Waals surface area (Å²) in [5, 5.41) is 0. The van der Waals surface area contributed by atoms with Gasteiger partial charge < -0.3 is 0 Å². The van der Waals surface area contributed by atoms with Crippen molar-refractivity contribution in [2.24, 2.45) is 5.41 Å². The standard InChI is InChI=1S/C22H19F3/c1-21(2,22(23,24)25)17-20(19-14-7-4-8-15-19)16-10-9-13-18-11-5-3-6-12-18/h3-8,11-12,14-15,20H,17H2,1-2H3. The minimum Gasteiger partial charge on any atom is -0.171 e. The molecule has 0 heterocycles. The minimum absolute atomic E-state index is 0.111. The molecule has 0 saturated heterocycles. The fourth-order valence-electron chi connectivity index (χ4n) is 2.31. The number of hydrogen-bond acceptors (Lipinski definition) is 0. The molecule has 0 nitrogen and oxygen atoms in total. The lowest BCUT2D eigenvalue weighted by Crippen LogP contribution is -2.33. The van der Waals surface area contributed by atoms with Crippen LogP contribution in [0, 0.1) is 29.1 Å². The van der Waals surface area contributed by atoms with Crippen molar-refractivity contribution in [2.45, 2.75) is 32.4 Å². The minimum atomic E-state index is -4.28. The normalized spacial score (nSPS) is 12.4. The predicted octanol–water partition coefficient (Wildman–Crippen LogP) is 5.80. The van der Waals surface area contributed by atoms with E-state index in [1.54, 1.807) is 24.3 Å². The zero-order valence-electron chi connectivity index (χ0n) is 14.2. The van der Waals surface area contributed by atoms with Crippen LogP contribution in [0.3, 0.4) is 0 Å². The molecule has 0 bridgehead atoms. The maximum atomic E-state index is 13.2. The predicted molar refractivity (Wildman–Crippen MR) is 94.7 cm³/mol. The average Bonchev–Trinajstić information content (AvgIpc) is 2.58. The van der Waals surface area contributed by atoms with Crippen LogP contribution in [0.1, 0.15) is 37.3 Å². The highest BCUT2D eigenvalue weighted by Gasteiger charge is 2.48. The number of halogens is 3. The molecule has 0 aromatic heterocycles. The summed E-state index contributed by atoms with van der Waals surface area (Å²) in [6.45, 7) is 2.42. The lowest BCUT2D eigenvalue weighted by Gasteiger charge is -2.30. The number of benzene rings is 2. The molecular formula is C22H19F3. The van der Waals surface area contributed by atoms with Gasteiger partial charge in [-0.1, -0.05) is 74.2 Å². The van der Waals surface area contributed by atoms with Crippen molar-refractivity contribution in [1.82, 2.24) is 0 Å². The second-order valence-electron chi connectivity index (χ2n) is 6.43. The van der Waals surface area contributed by atoms with E-state index in [4.69, 9.17) is 0 Å². The third kappa shape index (κ3) is 5.44. The highest BCUT2D eigenvalue weighted by Crippen LogP contribution is 2.44. The van der Waals surface area contributed by atoms with E-state index < -0.39 is 17.5 Å². The van der Waals surface area contributed by atoms with Crippen molar-refractivity contribution in [1.29, 1.82) is 0 Å². The first-order valence-electron chi connectivity index (χ1n) is 7.98. The molecule has 2 rings (SSSR count). The second kappa shape index (κ2) is 7.95. The van der Waals surface area contributed by atoms with Crippen LogP contribution in [0.4, 0.5) is 13.2 Å². The third-order valence-corrected chi connectivity index (χ3v) is 3.97. The average molecular weight is 340 g/mol. The number of rotatable bonds is 3. The zero-order valence-corrected chi connectivity index (χ0v) is 14.2. The molecule has 1 atom stereocenters. The van der Waals surface area contributed by atoms with Gasteiger partial charge in [0.15, 0.2) is 0 Å². The Morgan fingerprint density at radius 3 is 1.96 bits per heavy atom. The topological polar surface area (TPSA) is 0 Å². The van der Waals surface area contributed by atoms with E-state index in [1.807, 2.05) is 36.4 Å². The molecule has 0 spiro atoms. The highest BCUT2D eigenvalue weighted by molar-refractivity contribution is 5.41. The molecule has 0 fully saturated rings. The van der Waals surface area contributed by atoms with Crippen molar-refractivity contribution in [3.05, 3.63) is 71.8 Å². The summed E-state index contributed by atoms with van der Waals surface area (Å²) >= 11 is 0. The molecule has 1 unspecified atom stereocenters. The summed E-state index contributed by atoms with van der Waals surface area (Å²) in [5.41, 5.74) is -0.229. The van der Waals surface area contributed by atoms with Crippen LogP contribution < -0.4 is 0 Å². The van der Waals surface area contributed by atoms with Gasteiger partial charge in [0.25, 0.3) is 0 Å². The summed E-state index contributed by atoms with van der Waals surface area (Å²) in [6, 6.07) is 18.4. The summed E-state index contributed by atoms with van der Waals surface area (Å²) in [4.78, 5) is 0. The van der Waals surface area contributed by atoms with Gasteiger partial charge >= 0.3 is 6.18 Å². The smallest absolute Gasteiger partial charge is 0.171 e. The monoisotopic (exact) mass is 340 g/mol. The van der Waals surface area contributed by atoms with E-state index in [2.05, 4.69) is 23.7 Å². The first-order valence-corrected chi connectivity index (χ1v) is 7.98. The zero-order chi connectivity index (χ0) is 18.3. The Labute approximate surface area is 147 Å². The van der Waals surface area contributed by atoms with Crippen LogP contribution in [-0.4, -0.2) is 6.18 Å². The van der Waals surface area contributed by atoms with E-state index in [0.29, 0.717) is 0 Å². The summed E-state index contributed by atoms with van der Waals surface area (Å²) < 4.78 is 39.7. The van der Waals surface area contributed by atoms with E-state index >= 15 is 0 Å². The van der Waals surface area contributed by atoms with Crippen LogP contribution in [0.2, 0.25) is 0 Å². The summed E-state index contributed by atoms with van der Waals surface area (Å²) in [5.74, 6) is 10.7. The molecule has 2 aromatic carbocycles. The first kappa shape index (κ1) is 18.7. The van der Waals surface area contributed by atoms with Crippen LogP contribution in [0.15, 0.2) is 60.7 Å². The molecule has 0 N–H and O–H groups in total. The first-order chi connectivity index (χ1) is 11.8. The number of alkyl halides is 3. The molecular weight excluding hydrogens is 321 g/mol. The van der Waals surface area contributed by atoms with Gasteiger partial charge in [-0.05, 0) is 36.0 Å². The molecule has 2 aromatic rings. The van der Waals surface area contributed by atoms with Gasteiger partial charge in [-0.25, -0.2) is 0 Å². The lowest BCUT2D eigenvalue weighted by atomic mass is 9.79. The Morgan fingerprint density at radius 1 is 0.840 bits per heavy atom. The van der Waals surface area contributed by atoms with Gasteiger partial charge in [-0.3, -0.25) is 0 Å². The van der Waals surface area contributed by atoms with Crippen molar-refractivity contribution in [3.63, 3.8) is 0 Å². The Balaban J connectivity index is 2.26. The van der Waals surface area contributed by atoms with Crippen molar-refractivity contribution < 1.29 is 13.2 Å². The van der Waals surface area contributed by atoms with Crippen LogP contribution in [0.5, 0.6) is 0 Å². The van der Waals surface area contributed by atoms with Crippen molar-refractivity contribution >= 4 is 0 Å². The molecule has 25 heavy (non-hydrogen) atoms. The van der Waals surface area contributed by atoms with Gasteiger partial charge in [0.05, 0.1) is 5.41 Å². The molecule has 0 radical (unpaired) electrons. The Morgan fingerprint density at radius 2 is 1.40 bits per heavy atom. The van der Waals surface area contributed by atoms with Crippen molar-refractivity contribution in [2.75, 3.05) is 0 Å². The van der Waals surface area contributed by atoms with Gasteiger partial charge in [0.2, 0.25) is 0 Å². The quantitative estimate of drug-likeness (QED) is 0.619. The third-order valence-electron chi connectivity index (χ3n) is 3.97.